The summed E-state index contributed by atoms with van der Waals surface area (Å²) in [6, 6.07) is 3.61. The second-order valence-electron chi connectivity index (χ2n) is 9.78. The first-order valence-corrected chi connectivity index (χ1v) is 12.0. The van der Waals surface area contributed by atoms with Gasteiger partial charge in [0.25, 0.3) is 11.8 Å². The fourth-order valence-corrected chi connectivity index (χ4v) is 4.89. The number of rotatable bonds is 8. The summed E-state index contributed by atoms with van der Waals surface area (Å²) < 4.78 is 14.2. The van der Waals surface area contributed by atoms with E-state index in [1.807, 2.05) is 19.0 Å². The fraction of sp³-hybridized carbons (Fsp3) is 0.625. The Morgan fingerprint density at radius 2 is 1.94 bits per heavy atom. The number of hydrogen-bond donors (Lipinski definition) is 1. The first kappa shape index (κ1) is 25.4. The van der Waals surface area contributed by atoms with Gasteiger partial charge in [0, 0.05) is 31.2 Å². The van der Waals surface area contributed by atoms with Crippen molar-refractivity contribution < 1.29 is 18.8 Å². The normalized spacial score (nSPS) is 21.9. The summed E-state index contributed by atoms with van der Waals surface area (Å²) in [5.41, 5.74) is -1.00. The molecule has 3 rings (SSSR count). The number of likely N-dealkylation sites (N-methyl/N-ethyl adjacent to an activating group) is 1. The van der Waals surface area contributed by atoms with Gasteiger partial charge in [-0.15, -0.1) is 0 Å². The van der Waals surface area contributed by atoms with Crippen LogP contribution in [0.3, 0.4) is 0 Å². The summed E-state index contributed by atoms with van der Waals surface area (Å²) in [6.45, 7) is 5.91. The summed E-state index contributed by atoms with van der Waals surface area (Å²) in [6.07, 6.45) is 2.48. The molecule has 1 aromatic rings. The number of carbonyl (C=O) groups excluding carboxylic acids is 3. The van der Waals surface area contributed by atoms with E-state index in [4.69, 9.17) is 11.6 Å². The van der Waals surface area contributed by atoms with E-state index in [0.717, 1.165) is 6.42 Å². The quantitative estimate of drug-likeness (QED) is 0.577. The molecule has 2 fully saturated rings. The van der Waals surface area contributed by atoms with Crippen LogP contribution in [-0.4, -0.2) is 78.4 Å². The molecule has 2 saturated heterocycles. The van der Waals surface area contributed by atoms with E-state index in [1.54, 1.807) is 4.90 Å². The highest BCUT2D eigenvalue weighted by molar-refractivity contribution is 6.31. The van der Waals surface area contributed by atoms with Crippen LogP contribution in [0.4, 0.5) is 9.18 Å². The molecule has 4 amide bonds. The Morgan fingerprint density at radius 1 is 1.27 bits per heavy atom. The molecule has 2 aliphatic rings. The minimum absolute atomic E-state index is 0.0458. The first-order chi connectivity index (χ1) is 15.5. The van der Waals surface area contributed by atoms with Gasteiger partial charge in [-0.2, -0.15) is 0 Å². The summed E-state index contributed by atoms with van der Waals surface area (Å²) in [5, 5.41) is 3.35. The lowest BCUT2D eigenvalue weighted by Gasteiger charge is -2.41. The lowest BCUT2D eigenvalue weighted by atomic mass is 9.73. The number of halogens is 2. The molecule has 2 heterocycles. The number of urea groups is 1. The molecule has 182 valence electrons. The van der Waals surface area contributed by atoms with Gasteiger partial charge in [-0.3, -0.25) is 14.5 Å². The highest BCUT2D eigenvalue weighted by Crippen LogP contribution is 2.38. The summed E-state index contributed by atoms with van der Waals surface area (Å²) in [5.74, 6) is -0.880. The molecule has 0 saturated carbocycles. The minimum Gasteiger partial charge on any atom is -0.339 e. The van der Waals surface area contributed by atoms with Crippen LogP contribution in [0, 0.1) is 17.7 Å². The molecule has 1 N–H and O–H groups in total. The number of benzene rings is 1. The maximum Gasteiger partial charge on any atom is 0.325 e. The third-order valence-electron chi connectivity index (χ3n) is 6.73. The van der Waals surface area contributed by atoms with Crippen LogP contribution >= 0.6 is 11.6 Å². The molecule has 0 spiro atoms. The van der Waals surface area contributed by atoms with Gasteiger partial charge in [0.1, 0.15) is 11.4 Å². The van der Waals surface area contributed by atoms with Crippen LogP contribution in [0.15, 0.2) is 18.2 Å². The van der Waals surface area contributed by atoms with Gasteiger partial charge in [-0.25, -0.2) is 9.18 Å². The zero-order chi connectivity index (χ0) is 24.3. The molecule has 33 heavy (non-hydrogen) atoms. The lowest BCUT2D eigenvalue weighted by Crippen LogP contribution is -2.56. The van der Waals surface area contributed by atoms with Crippen LogP contribution in [0.2, 0.25) is 5.02 Å². The Balaban J connectivity index is 1.76. The van der Waals surface area contributed by atoms with E-state index in [9.17, 15) is 18.8 Å². The predicted molar refractivity (Wildman–Crippen MR) is 126 cm³/mol. The first-order valence-electron chi connectivity index (χ1n) is 11.6. The number of hydrogen-bond acceptors (Lipinski definition) is 4. The standard InChI is InChI=1S/C24H34ClFN4O3/c1-16(2)7-10-24(22(32)30(23(33)27-24)14-13-28(3)4)17-8-11-29(12-9-17)21(31)19-15-18(25)5-6-20(19)26/h5-6,15-17H,7-14H2,1-4H3,(H,27,33)/t24-/m1/s1. The molecule has 0 radical (unpaired) electrons. The fourth-order valence-electron chi connectivity index (χ4n) is 4.72. The Bertz CT molecular complexity index is 902. The molecule has 1 aromatic carbocycles. The van der Waals surface area contributed by atoms with Crippen LogP contribution in [0.25, 0.3) is 0 Å². The zero-order valence-electron chi connectivity index (χ0n) is 19.9. The SMILES string of the molecule is CC(C)CC[C@]1(C2CCN(C(=O)c3cc(Cl)ccc3F)CC2)NC(=O)N(CCN(C)C)C1=O. The zero-order valence-corrected chi connectivity index (χ0v) is 20.6. The summed E-state index contributed by atoms with van der Waals surface area (Å²) in [7, 11) is 3.81. The molecule has 2 aliphatic heterocycles. The lowest BCUT2D eigenvalue weighted by molar-refractivity contribution is -0.134. The number of nitrogens with one attached hydrogen (secondary N) is 1. The van der Waals surface area contributed by atoms with Crippen LogP contribution in [0.5, 0.6) is 0 Å². The largest absolute Gasteiger partial charge is 0.339 e. The van der Waals surface area contributed by atoms with E-state index < -0.39 is 17.3 Å². The highest BCUT2D eigenvalue weighted by atomic mass is 35.5. The van der Waals surface area contributed by atoms with Crippen molar-refractivity contribution in [2.75, 3.05) is 40.3 Å². The molecule has 7 nitrogen and oxygen atoms in total. The van der Waals surface area contributed by atoms with E-state index >= 15 is 0 Å². The van der Waals surface area contributed by atoms with Gasteiger partial charge in [-0.05, 0) is 69.8 Å². The molecule has 1 atom stereocenters. The van der Waals surface area contributed by atoms with Crippen molar-refractivity contribution in [3.05, 3.63) is 34.6 Å². The van der Waals surface area contributed by atoms with Gasteiger partial charge in [0.2, 0.25) is 0 Å². The highest BCUT2D eigenvalue weighted by Gasteiger charge is 2.55. The second-order valence-corrected chi connectivity index (χ2v) is 10.2. The minimum atomic E-state index is -0.954. The molecule has 9 heteroatoms. The number of imide groups is 1. The van der Waals surface area contributed by atoms with E-state index in [1.165, 1.54) is 23.1 Å². The Morgan fingerprint density at radius 3 is 2.55 bits per heavy atom. The van der Waals surface area contributed by atoms with E-state index in [-0.39, 0.29) is 23.4 Å². The van der Waals surface area contributed by atoms with Crippen molar-refractivity contribution in [1.82, 2.24) is 20.0 Å². The van der Waals surface area contributed by atoms with Gasteiger partial charge >= 0.3 is 6.03 Å². The van der Waals surface area contributed by atoms with Crippen molar-refractivity contribution in [1.29, 1.82) is 0 Å². The van der Waals surface area contributed by atoms with Crippen molar-refractivity contribution in [2.24, 2.45) is 11.8 Å². The summed E-state index contributed by atoms with van der Waals surface area (Å²) in [4.78, 5) is 44.1. The Labute approximate surface area is 200 Å². The number of amides is 4. The van der Waals surface area contributed by atoms with E-state index in [0.29, 0.717) is 56.4 Å². The molecular formula is C24H34ClFN4O3. The van der Waals surface area contributed by atoms with Crippen LogP contribution in [0.1, 0.15) is 49.9 Å². The van der Waals surface area contributed by atoms with Gasteiger partial charge in [-0.1, -0.05) is 25.4 Å². The maximum absolute atomic E-state index is 14.2. The Hall–Kier alpha value is -2.19. The monoisotopic (exact) mass is 480 g/mol. The van der Waals surface area contributed by atoms with Crippen molar-refractivity contribution >= 4 is 29.4 Å². The maximum atomic E-state index is 14.2. The predicted octanol–water partition coefficient (Wildman–Crippen LogP) is 3.62. The molecule has 0 unspecified atom stereocenters. The van der Waals surface area contributed by atoms with Gasteiger partial charge < -0.3 is 15.1 Å². The van der Waals surface area contributed by atoms with Crippen LogP contribution < -0.4 is 5.32 Å². The summed E-state index contributed by atoms with van der Waals surface area (Å²) >= 11 is 5.95. The number of piperidine rings is 1. The Kier molecular flexibility index (Phi) is 8.00. The molecule has 0 bridgehead atoms. The topological polar surface area (TPSA) is 73.0 Å². The molecular weight excluding hydrogens is 447 g/mol. The van der Waals surface area contributed by atoms with Gasteiger partial charge in [0.15, 0.2) is 0 Å². The second kappa shape index (κ2) is 10.4. The van der Waals surface area contributed by atoms with Crippen molar-refractivity contribution in [3.63, 3.8) is 0 Å². The average Bonchev–Trinajstić information content (AvgIpc) is 3.02. The molecule has 0 aliphatic carbocycles. The van der Waals surface area contributed by atoms with Crippen LogP contribution in [-0.2, 0) is 4.79 Å². The third kappa shape index (κ3) is 5.49. The third-order valence-corrected chi connectivity index (χ3v) is 6.96. The van der Waals surface area contributed by atoms with E-state index in [2.05, 4.69) is 19.2 Å². The molecule has 0 aromatic heterocycles. The number of nitrogens with zero attached hydrogens (tertiary/aromatic N) is 3. The number of carbonyl (C=O) groups is 3. The smallest absolute Gasteiger partial charge is 0.325 e. The van der Waals surface area contributed by atoms with Gasteiger partial charge in [0.05, 0.1) is 5.56 Å². The average molecular weight is 481 g/mol. The van der Waals surface area contributed by atoms with Crippen molar-refractivity contribution in [3.8, 4) is 0 Å². The number of likely N-dealkylation sites (tertiary alicyclic amines) is 1. The van der Waals surface area contributed by atoms with Crippen molar-refractivity contribution in [2.45, 2.75) is 45.1 Å².